The van der Waals surface area contributed by atoms with Crippen LogP contribution in [0.5, 0.6) is 0 Å². The van der Waals surface area contributed by atoms with E-state index >= 15 is 0 Å². The van der Waals surface area contributed by atoms with Gasteiger partial charge in [0, 0.05) is 37.5 Å². The van der Waals surface area contributed by atoms with Crippen LogP contribution in [0.15, 0.2) is 22.9 Å². The predicted octanol–water partition coefficient (Wildman–Crippen LogP) is 3.62. The van der Waals surface area contributed by atoms with Gasteiger partial charge in [0.1, 0.15) is 17.3 Å². The Labute approximate surface area is 143 Å². The molecule has 3 heterocycles. The summed E-state index contributed by atoms with van der Waals surface area (Å²) < 4.78 is 7.85. The summed E-state index contributed by atoms with van der Waals surface area (Å²) in [5, 5.41) is 0. The van der Waals surface area contributed by atoms with Gasteiger partial charge in [-0.2, -0.15) is 0 Å². The lowest BCUT2D eigenvalue weighted by molar-refractivity contribution is -0.134. The summed E-state index contributed by atoms with van der Waals surface area (Å²) in [5.41, 5.74) is 1.01. The summed E-state index contributed by atoms with van der Waals surface area (Å²) in [6.07, 6.45) is 6.96. The molecule has 130 valence electrons. The predicted molar refractivity (Wildman–Crippen MR) is 93.1 cm³/mol. The fraction of sp³-hybridized carbons (Fsp3) is 0.579. The van der Waals surface area contributed by atoms with E-state index in [0.717, 1.165) is 55.3 Å². The maximum absolute atomic E-state index is 13.0. The maximum Gasteiger partial charge on any atom is 0.230 e. The van der Waals surface area contributed by atoms with E-state index in [9.17, 15) is 4.79 Å². The van der Waals surface area contributed by atoms with E-state index in [1.54, 1.807) is 0 Å². The molecule has 1 saturated heterocycles. The highest BCUT2D eigenvalue weighted by atomic mass is 16.3. The number of carbonyl (C=O) groups is 1. The summed E-state index contributed by atoms with van der Waals surface area (Å²) in [7, 11) is 0. The Balaban J connectivity index is 1.74. The minimum absolute atomic E-state index is 0.158. The lowest BCUT2D eigenvalue weighted by Gasteiger charge is -2.35. The van der Waals surface area contributed by atoms with E-state index in [1.165, 1.54) is 0 Å². The van der Waals surface area contributed by atoms with Crippen LogP contribution in [0.4, 0.5) is 0 Å². The number of hydrogen-bond donors (Lipinski definition) is 0. The molecule has 2 atom stereocenters. The molecule has 1 aliphatic rings. The molecule has 2 aromatic heterocycles. The van der Waals surface area contributed by atoms with Gasteiger partial charge < -0.3 is 13.9 Å². The Bertz CT molecular complexity index is 716. The van der Waals surface area contributed by atoms with Crippen molar-refractivity contribution in [3.63, 3.8) is 0 Å². The van der Waals surface area contributed by atoms with Crippen molar-refractivity contribution in [3.05, 3.63) is 41.4 Å². The number of carbonyl (C=O) groups excluding carboxylic acids is 1. The van der Waals surface area contributed by atoms with E-state index in [4.69, 9.17) is 4.42 Å². The SMILES string of the molecule is CCc1nccn1[C@H]1CCCN(C(=O)[C@@H](C)c2cc(C)oc2C)C1. The van der Waals surface area contributed by atoms with Crippen LogP contribution in [0.3, 0.4) is 0 Å². The van der Waals surface area contributed by atoms with Crippen molar-refractivity contribution in [3.8, 4) is 0 Å². The molecule has 1 fully saturated rings. The highest BCUT2D eigenvalue weighted by Crippen LogP contribution is 2.29. The minimum Gasteiger partial charge on any atom is -0.466 e. The van der Waals surface area contributed by atoms with Crippen LogP contribution in [-0.2, 0) is 11.2 Å². The maximum atomic E-state index is 13.0. The summed E-state index contributed by atoms with van der Waals surface area (Å²) in [5.74, 6) is 2.86. The molecule has 5 nitrogen and oxygen atoms in total. The normalized spacial score (nSPS) is 19.5. The third-order valence-electron chi connectivity index (χ3n) is 5.08. The average molecular weight is 329 g/mol. The van der Waals surface area contributed by atoms with E-state index in [-0.39, 0.29) is 11.8 Å². The van der Waals surface area contributed by atoms with Gasteiger partial charge in [0.05, 0.1) is 12.0 Å². The molecular formula is C19H27N3O2. The van der Waals surface area contributed by atoms with Crippen molar-refractivity contribution < 1.29 is 9.21 Å². The Morgan fingerprint density at radius 3 is 2.92 bits per heavy atom. The van der Waals surface area contributed by atoms with Crippen molar-refractivity contribution in [2.75, 3.05) is 13.1 Å². The monoisotopic (exact) mass is 329 g/mol. The zero-order valence-electron chi connectivity index (χ0n) is 15.1. The van der Waals surface area contributed by atoms with Crippen LogP contribution >= 0.6 is 0 Å². The fourth-order valence-electron chi connectivity index (χ4n) is 3.82. The summed E-state index contributed by atoms with van der Waals surface area (Å²) in [6.45, 7) is 9.57. The molecule has 2 aromatic rings. The number of imidazole rings is 1. The first-order chi connectivity index (χ1) is 11.5. The summed E-state index contributed by atoms with van der Waals surface area (Å²) in [4.78, 5) is 19.4. The molecule has 0 spiro atoms. The van der Waals surface area contributed by atoms with Gasteiger partial charge in [0.2, 0.25) is 5.91 Å². The van der Waals surface area contributed by atoms with Crippen molar-refractivity contribution in [1.82, 2.24) is 14.5 Å². The lowest BCUT2D eigenvalue weighted by atomic mass is 9.97. The fourth-order valence-corrected chi connectivity index (χ4v) is 3.82. The van der Waals surface area contributed by atoms with E-state index in [0.29, 0.717) is 6.04 Å². The second-order valence-corrected chi connectivity index (χ2v) is 6.77. The number of piperidine rings is 1. The third kappa shape index (κ3) is 3.12. The highest BCUT2D eigenvalue weighted by molar-refractivity contribution is 5.83. The van der Waals surface area contributed by atoms with E-state index in [1.807, 2.05) is 44.1 Å². The Morgan fingerprint density at radius 2 is 2.25 bits per heavy atom. The molecule has 5 heteroatoms. The largest absolute Gasteiger partial charge is 0.466 e. The topological polar surface area (TPSA) is 51.3 Å². The second kappa shape index (κ2) is 6.83. The van der Waals surface area contributed by atoms with Gasteiger partial charge in [0.15, 0.2) is 0 Å². The number of hydrogen-bond acceptors (Lipinski definition) is 3. The number of furan rings is 1. The highest BCUT2D eigenvalue weighted by Gasteiger charge is 2.30. The van der Waals surface area contributed by atoms with Gasteiger partial charge in [-0.15, -0.1) is 0 Å². The molecule has 1 amide bonds. The molecular weight excluding hydrogens is 302 g/mol. The zero-order valence-corrected chi connectivity index (χ0v) is 15.1. The molecule has 1 aliphatic heterocycles. The molecule has 0 bridgehead atoms. The van der Waals surface area contributed by atoms with Gasteiger partial charge >= 0.3 is 0 Å². The number of aryl methyl sites for hydroxylation is 3. The standard InChI is InChI=1S/C19H27N3O2/c1-5-18-20-8-10-22(18)16-7-6-9-21(12-16)19(23)14(3)17-11-13(2)24-15(17)4/h8,10-11,14,16H,5-7,9,12H2,1-4H3/t14-,16-/m0/s1. The molecule has 0 unspecified atom stereocenters. The quantitative estimate of drug-likeness (QED) is 0.861. The molecule has 0 aliphatic carbocycles. The van der Waals surface area contributed by atoms with Crippen LogP contribution in [0.2, 0.25) is 0 Å². The van der Waals surface area contributed by atoms with Crippen molar-refractivity contribution in [1.29, 1.82) is 0 Å². The zero-order chi connectivity index (χ0) is 17.3. The van der Waals surface area contributed by atoms with Crippen LogP contribution in [0.1, 0.15) is 61.6 Å². The van der Waals surface area contributed by atoms with E-state index < -0.39 is 0 Å². The van der Waals surface area contributed by atoms with Gasteiger partial charge in [-0.05, 0) is 39.7 Å². The van der Waals surface area contributed by atoms with Crippen LogP contribution in [-0.4, -0.2) is 33.4 Å². The lowest BCUT2D eigenvalue weighted by Crippen LogP contribution is -2.42. The first-order valence-electron chi connectivity index (χ1n) is 8.88. The Kier molecular flexibility index (Phi) is 4.78. The number of likely N-dealkylation sites (tertiary alicyclic amines) is 1. The molecule has 0 saturated carbocycles. The van der Waals surface area contributed by atoms with Gasteiger partial charge in [-0.25, -0.2) is 4.98 Å². The smallest absolute Gasteiger partial charge is 0.230 e. The molecule has 3 rings (SSSR count). The van der Waals surface area contributed by atoms with Crippen molar-refractivity contribution in [2.45, 2.75) is 58.9 Å². The molecule has 0 N–H and O–H groups in total. The Hall–Kier alpha value is -2.04. The minimum atomic E-state index is -0.158. The first-order valence-corrected chi connectivity index (χ1v) is 8.88. The molecule has 24 heavy (non-hydrogen) atoms. The van der Waals surface area contributed by atoms with Crippen LogP contribution in [0.25, 0.3) is 0 Å². The summed E-state index contributed by atoms with van der Waals surface area (Å²) >= 11 is 0. The number of nitrogens with zero attached hydrogens (tertiary/aromatic N) is 3. The average Bonchev–Trinajstić information content (AvgIpc) is 3.19. The summed E-state index contributed by atoms with van der Waals surface area (Å²) in [6, 6.07) is 2.32. The van der Waals surface area contributed by atoms with Gasteiger partial charge in [-0.3, -0.25) is 4.79 Å². The molecule has 0 aromatic carbocycles. The Morgan fingerprint density at radius 1 is 1.46 bits per heavy atom. The molecule has 0 radical (unpaired) electrons. The van der Waals surface area contributed by atoms with Crippen LogP contribution < -0.4 is 0 Å². The van der Waals surface area contributed by atoms with Gasteiger partial charge in [-0.1, -0.05) is 6.92 Å². The van der Waals surface area contributed by atoms with Crippen molar-refractivity contribution >= 4 is 5.91 Å². The third-order valence-corrected chi connectivity index (χ3v) is 5.08. The number of aromatic nitrogens is 2. The second-order valence-electron chi connectivity index (χ2n) is 6.77. The van der Waals surface area contributed by atoms with E-state index in [2.05, 4.69) is 16.5 Å². The first kappa shape index (κ1) is 16.8. The van der Waals surface area contributed by atoms with Crippen LogP contribution in [0, 0.1) is 13.8 Å². The number of rotatable bonds is 4. The van der Waals surface area contributed by atoms with Gasteiger partial charge in [0.25, 0.3) is 0 Å². The van der Waals surface area contributed by atoms with Crippen molar-refractivity contribution in [2.24, 2.45) is 0 Å². The number of amides is 1.